The summed E-state index contributed by atoms with van der Waals surface area (Å²) < 4.78 is 0. The first-order chi connectivity index (χ1) is 5.33. The Balaban J connectivity index is 3.78. The average Bonchev–Trinajstić information content (AvgIpc) is 1.81. The van der Waals surface area contributed by atoms with Crippen LogP contribution in [0.25, 0.3) is 0 Å². The predicted octanol–water partition coefficient (Wildman–Crippen LogP) is 1.59. The van der Waals surface area contributed by atoms with Crippen molar-refractivity contribution in [3.8, 4) is 0 Å². The molecule has 2 nitrogen and oxygen atoms in total. The molecule has 0 bridgehead atoms. The minimum absolute atomic E-state index is 0.133. The predicted molar refractivity (Wildman–Crippen MR) is 47.5 cm³/mol. The number of hydrogen-bond donors (Lipinski definition) is 0. The number of hydrogen-bond acceptors (Lipinski definition) is 2. The van der Waals surface area contributed by atoms with E-state index in [0.717, 1.165) is 6.42 Å². The zero-order valence-electron chi connectivity index (χ0n) is 8.52. The van der Waals surface area contributed by atoms with E-state index < -0.39 is 5.97 Å². The van der Waals surface area contributed by atoms with Gasteiger partial charge in [0.15, 0.2) is 0 Å². The number of carbonyl (C=O) groups excluding carboxylic acids is 1. The largest absolute Gasteiger partial charge is 0.550 e. The van der Waals surface area contributed by atoms with Gasteiger partial charge < -0.3 is 9.90 Å². The second-order valence-electron chi connectivity index (χ2n) is 4.63. The van der Waals surface area contributed by atoms with Crippen LogP contribution in [0.1, 0.15) is 47.0 Å². The molecule has 0 unspecified atom stereocenters. The molecule has 0 aromatic rings. The van der Waals surface area contributed by atoms with Crippen molar-refractivity contribution in [2.24, 2.45) is 11.3 Å². The fraction of sp³-hybridized carbons (Fsp3) is 0.900. The van der Waals surface area contributed by atoms with Crippen molar-refractivity contribution in [1.29, 1.82) is 0 Å². The van der Waals surface area contributed by atoms with Gasteiger partial charge in [-0.1, -0.05) is 27.7 Å². The molecule has 0 aromatic carbocycles. The summed E-state index contributed by atoms with van der Waals surface area (Å²) >= 11 is 0. The maximum Gasteiger partial charge on any atom is 0.0414 e. The van der Waals surface area contributed by atoms with E-state index in [1.165, 1.54) is 0 Å². The third-order valence-electron chi connectivity index (χ3n) is 1.97. The molecular weight excluding hydrogens is 152 g/mol. The molecule has 0 saturated carbocycles. The minimum atomic E-state index is -0.938. The highest BCUT2D eigenvalue weighted by Gasteiger charge is 2.18. The van der Waals surface area contributed by atoms with Gasteiger partial charge in [-0.25, -0.2) is 0 Å². The van der Waals surface area contributed by atoms with E-state index in [1.54, 1.807) is 0 Å². The second kappa shape index (κ2) is 4.48. The van der Waals surface area contributed by atoms with Crippen LogP contribution in [0.15, 0.2) is 0 Å². The van der Waals surface area contributed by atoms with Gasteiger partial charge in [-0.15, -0.1) is 0 Å². The normalized spacial score (nSPS) is 12.1. The lowest BCUT2D eigenvalue weighted by Crippen LogP contribution is -2.25. The molecule has 0 fully saturated rings. The van der Waals surface area contributed by atoms with E-state index in [9.17, 15) is 9.90 Å². The first-order valence-electron chi connectivity index (χ1n) is 4.53. The number of aliphatic carboxylic acids is 1. The SMILES string of the molecule is CC(C)CC(C)(C)CCC(=O)[O-]. The Labute approximate surface area is 75.0 Å². The highest BCUT2D eigenvalue weighted by molar-refractivity contribution is 5.64. The fourth-order valence-corrected chi connectivity index (χ4v) is 1.65. The summed E-state index contributed by atoms with van der Waals surface area (Å²) in [6.07, 6.45) is 1.97. The van der Waals surface area contributed by atoms with Crippen LogP contribution in [0.4, 0.5) is 0 Å². The van der Waals surface area contributed by atoms with Gasteiger partial charge in [0.05, 0.1) is 0 Å². The molecule has 0 aliphatic heterocycles. The Hall–Kier alpha value is -0.530. The van der Waals surface area contributed by atoms with Gasteiger partial charge in [-0.05, 0) is 30.6 Å². The van der Waals surface area contributed by atoms with Gasteiger partial charge in [0, 0.05) is 5.97 Å². The number of carboxylic acids is 1. The highest BCUT2D eigenvalue weighted by atomic mass is 16.4. The molecule has 72 valence electrons. The zero-order valence-corrected chi connectivity index (χ0v) is 8.52. The van der Waals surface area contributed by atoms with Crippen LogP contribution >= 0.6 is 0 Å². The zero-order chi connectivity index (χ0) is 9.78. The van der Waals surface area contributed by atoms with Gasteiger partial charge in [-0.2, -0.15) is 0 Å². The van der Waals surface area contributed by atoms with E-state index in [4.69, 9.17) is 0 Å². The molecule has 0 saturated heterocycles. The quantitative estimate of drug-likeness (QED) is 0.630. The van der Waals surface area contributed by atoms with Crippen LogP contribution in [0.3, 0.4) is 0 Å². The molecule has 0 heterocycles. The fourth-order valence-electron chi connectivity index (χ4n) is 1.65. The topological polar surface area (TPSA) is 40.1 Å². The Kier molecular flexibility index (Phi) is 4.29. The van der Waals surface area contributed by atoms with Crippen LogP contribution in [-0.4, -0.2) is 5.97 Å². The van der Waals surface area contributed by atoms with E-state index >= 15 is 0 Å². The van der Waals surface area contributed by atoms with E-state index in [0.29, 0.717) is 12.3 Å². The van der Waals surface area contributed by atoms with Gasteiger partial charge >= 0.3 is 0 Å². The van der Waals surface area contributed by atoms with E-state index in [1.807, 2.05) is 0 Å². The van der Waals surface area contributed by atoms with Crippen LogP contribution in [0.2, 0.25) is 0 Å². The van der Waals surface area contributed by atoms with Crippen molar-refractivity contribution in [2.75, 3.05) is 0 Å². The van der Waals surface area contributed by atoms with Crippen LogP contribution in [0, 0.1) is 11.3 Å². The van der Waals surface area contributed by atoms with Gasteiger partial charge in [0.2, 0.25) is 0 Å². The molecule has 12 heavy (non-hydrogen) atoms. The van der Waals surface area contributed by atoms with Crippen molar-refractivity contribution in [1.82, 2.24) is 0 Å². The smallest absolute Gasteiger partial charge is 0.0414 e. The van der Waals surface area contributed by atoms with Crippen molar-refractivity contribution < 1.29 is 9.90 Å². The van der Waals surface area contributed by atoms with Gasteiger partial charge in [-0.3, -0.25) is 0 Å². The summed E-state index contributed by atoms with van der Waals surface area (Å²) in [5, 5.41) is 10.2. The van der Waals surface area contributed by atoms with E-state index in [-0.39, 0.29) is 11.8 Å². The molecule has 0 spiro atoms. The average molecular weight is 171 g/mol. The summed E-state index contributed by atoms with van der Waals surface area (Å²) in [7, 11) is 0. The first-order valence-corrected chi connectivity index (χ1v) is 4.53. The third kappa shape index (κ3) is 6.20. The molecule has 0 aliphatic rings. The molecule has 0 aliphatic carbocycles. The maximum absolute atomic E-state index is 10.2. The first kappa shape index (κ1) is 11.5. The van der Waals surface area contributed by atoms with Crippen LogP contribution in [-0.2, 0) is 4.79 Å². The lowest BCUT2D eigenvalue weighted by molar-refractivity contribution is -0.306. The second-order valence-corrected chi connectivity index (χ2v) is 4.63. The third-order valence-corrected chi connectivity index (χ3v) is 1.97. The molecule has 0 radical (unpaired) electrons. The monoisotopic (exact) mass is 171 g/mol. The van der Waals surface area contributed by atoms with Gasteiger partial charge in [0.1, 0.15) is 0 Å². The van der Waals surface area contributed by atoms with E-state index in [2.05, 4.69) is 27.7 Å². The maximum atomic E-state index is 10.2. The molecular formula is C10H19O2-. The summed E-state index contributed by atoms with van der Waals surface area (Å²) in [4.78, 5) is 10.2. The molecule has 0 atom stereocenters. The molecule has 0 N–H and O–H groups in total. The molecule has 0 aromatic heterocycles. The minimum Gasteiger partial charge on any atom is -0.550 e. The Morgan fingerprint density at radius 1 is 1.42 bits per heavy atom. The number of carboxylic acid groups (broad SMARTS) is 1. The standard InChI is InChI=1S/C10H20O2/c1-8(2)7-10(3,4)6-5-9(11)12/h8H,5-7H2,1-4H3,(H,11,12)/p-1. The lowest BCUT2D eigenvalue weighted by atomic mass is 9.80. The van der Waals surface area contributed by atoms with Crippen LogP contribution < -0.4 is 5.11 Å². The summed E-state index contributed by atoms with van der Waals surface area (Å²) in [6, 6.07) is 0. The highest BCUT2D eigenvalue weighted by Crippen LogP contribution is 2.29. The summed E-state index contributed by atoms with van der Waals surface area (Å²) in [6.45, 7) is 8.52. The Bertz CT molecular complexity index is 148. The van der Waals surface area contributed by atoms with Gasteiger partial charge in [0.25, 0.3) is 0 Å². The summed E-state index contributed by atoms with van der Waals surface area (Å²) in [5.41, 5.74) is 0.133. The van der Waals surface area contributed by atoms with Crippen molar-refractivity contribution >= 4 is 5.97 Å². The number of carbonyl (C=O) groups is 1. The van der Waals surface area contributed by atoms with Crippen molar-refractivity contribution in [3.05, 3.63) is 0 Å². The Morgan fingerprint density at radius 2 is 1.92 bits per heavy atom. The summed E-state index contributed by atoms with van der Waals surface area (Å²) in [5.74, 6) is -0.311. The lowest BCUT2D eigenvalue weighted by Gasteiger charge is -2.26. The number of rotatable bonds is 5. The van der Waals surface area contributed by atoms with Crippen molar-refractivity contribution in [3.63, 3.8) is 0 Å². The molecule has 0 rings (SSSR count). The molecule has 0 amide bonds. The Morgan fingerprint density at radius 3 is 2.25 bits per heavy atom. The van der Waals surface area contributed by atoms with Crippen molar-refractivity contribution in [2.45, 2.75) is 47.0 Å². The van der Waals surface area contributed by atoms with Crippen LogP contribution in [0.5, 0.6) is 0 Å². The molecule has 2 heteroatoms.